The van der Waals surface area contributed by atoms with Crippen LogP contribution in [0.2, 0.25) is 5.02 Å². The van der Waals surface area contributed by atoms with Crippen LogP contribution < -0.4 is 5.32 Å². The van der Waals surface area contributed by atoms with Crippen LogP contribution in [0.15, 0.2) is 24.3 Å². The maximum Gasteiger partial charge on any atom is 0.322 e. The molecule has 2 N–H and O–H groups in total. The quantitative estimate of drug-likeness (QED) is 0.895. The van der Waals surface area contributed by atoms with Crippen molar-refractivity contribution < 1.29 is 19.4 Å². The van der Waals surface area contributed by atoms with E-state index in [0.29, 0.717) is 23.9 Å². The van der Waals surface area contributed by atoms with Gasteiger partial charge >= 0.3 is 12.0 Å². The standard InChI is InChI=1S/C13H15ClN2O4/c14-9-2-1-3-10(6-9)15-13(19)16-4-5-20-11(8-16)7-12(17)18/h1-3,6,11H,4-5,7-8H2,(H,15,19)(H,17,18). The number of ether oxygens (including phenoxy) is 1. The summed E-state index contributed by atoms with van der Waals surface area (Å²) in [6.07, 6.45) is -0.577. The number of nitrogens with one attached hydrogen (secondary N) is 1. The molecule has 1 fully saturated rings. The minimum atomic E-state index is -0.938. The van der Waals surface area contributed by atoms with E-state index in [2.05, 4.69) is 5.32 Å². The monoisotopic (exact) mass is 298 g/mol. The van der Waals surface area contributed by atoms with E-state index in [1.54, 1.807) is 24.3 Å². The van der Waals surface area contributed by atoms with E-state index >= 15 is 0 Å². The summed E-state index contributed by atoms with van der Waals surface area (Å²) in [7, 11) is 0. The van der Waals surface area contributed by atoms with E-state index in [4.69, 9.17) is 21.4 Å². The molecule has 1 aromatic rings. The molecule has 1 unspecified atom stereocenters. The van der Waals surface area contributed by atoms with Crippen molar-refractivity contribution in [3.63, 3.8) is 0 Å². The molecule has 2 amide bonds. The molecule has 1 aliphatic rings. The summed E-state index contributed by atoms with van der Waals surface area (Å²) in [6.45, 7) is 1.03. The first-order valence-electron chi connectivity index (χ1n) is 6.19. The van der Waals surface area contributed by atoms with Gasteiger partial charge in [-0.15, -0.1) is 0 Å². The second-order valence-corrected chi connectivity index (χ2v) is 4.91. The maximum absolute atomic E-state index is 12.1. The summed E-state index contributed by atoms with van der Waals surface area (Å²) in [4.78, 5) is 24.3. The summed E-state index contributed by atoms with van der Waals surface area (Å²) in [5.74, 6) is -0.938. The van der Waals surface area contributed by atoms with Crippen molar-refractivity contribution in [2.75, 3.05) is 25.0 Å². The summed E-state index contributed by atoms with van der Waals surface area (Å²) < 4.78 is 5.31. The molecule has 0 bridgehead atoms. The highest BCUT2D eigenvalue weighted by atomic mass is 35.5. The largest absolute Gasteiger partial charge is 0.481 e. The predicted molar refractivity (Wildman–Crippen MR) is 74.0 cm³/mol. The number of carbonyl (C=O) groups excluding carboxylic acids is 1. The zero-order chi connectivity index (χ0) is 14.5. The third-order valence-electron chi connectivity index (χ3n) is 2.90. The van der Waals surface area contributed by atoms with Crippen LogP contribution in [0.3, 0.4) is 0 Å². The van der Waals surface area contributed by atoms with Crippen molar-refractivity contribution in [3.8, 4) is 0 Å². The van der Waals surface area contributed by atoms with Crippen LogP contribution in [-0.2, 0) is 9.53 Å². The molecule has 0 aromatic heterocycles. The molecule has 0 spiro atoms. The second-order valence-electron chi connectivity index (χ2n) is 4.48. The van der Waals surface area contributed by atoms with Crippen LogP contribution in [-0.4, -0.2) is 47.8 Å². The number of anilines is 1. The van der Waals surface area contributed by atoms with E-state index in [0.717, 1.165) is 0 Å². The van der Waals surface area contributed by atoms with Gasteiger partial charge in [-0.2, -0.15) is 0 Å². The number of hydrogen-bond acceptors (Lipinski definition) is 3. The number of hydrogen-bond donors (Lipinski definition) is 2. The number of morpholine rings is 1. The van der Waals surface area contributed by atoms with Crippen LogP contribution in [0.4, 0.5) is 10.5 Å². The number of aliphatic carboxylic acids is 1. The van der Waals surface area contributed by atoms with Crippen molar-refractivity contribution in [2.45, 2.75) is 12.5 Å². The molecule has 20 heavy (non-hydrogen) atoms. The minimum Gasteiger partial charge on any atom is -0.481 e. The number of carbonyl (C=O) groups is 2. The number of carboxylic acids is 1. The van der Waals surface area contributed by atoms with Gasteiger partial charge in [-0.3, -0.25) is 4.79 Å². The molecule has 0 saturated carbocycles. The number of rotatable bonds is 3. The molecule has 0 radical (unpaired) electrons. The van der Waals surface area contributed by atoms with Gasteiger partial charge in [0.05, 0.1) is 19.1 Å². The lowest BCUT2D eigenvalue weighted by molar-refractivity contribution is -0.141. The van der Waals surface area contributed by atoms with Gasteiger partial charge in [0.2, 0.25) is 0 Å². The van der Waals surface area contributed by atoms with Crippen LogP contribution in [0.5, 0.6) is 0 Å². The zero-order valence-electron chi connectivity index (χ0n) is 10.7. The average Bonchev–Trinajstić information content (AvgIpc) is 2.38. The molecule has 1 saturated heterocycles. The Labute approximate surface area is 121 Å². The molecule has 1 heterocycles. The van der Waals surface area contributed by atoms with Crippen molar-refractivity contribution >= 4 is 29.3 Å². The normalized spacial score (nSPS) is 18.6. The van der Waals surface area contributed by atoms with E-state index in [9.17, 15) is 9.59 Å². The fraction of sp³-hybridized carbons (Fsp3) is 0.385. The van der Waals surface area contributed by atoms with E-state index in [1.165, 1.54) is 4.90 Å². The molecule has 2 rings (SSSR count). The molecule has 6 nitrogen and oxygen atoms in total. The Morgan fingerprint density at radius 3 is 3.00 bits per heavy atom. The van der Waals surface area contributed by atoms with Crippen molar-refractivity contribution in [3.05, 3.63) is 29.3 Å². The Hall–Kier alpha value is -1.79. The number of benzene rings is 1. The highest BCUT2D eigenvalue weighted by molar-refractivity contribution is 6.30. The van der Waals surface area contributed by atoms with Crippen LogP contribution in [0.25, 0.3) is 0 Å². The Balaban J connectivity index is 1.93. The number of nitrogens with zero attached hydrogens (tertiary/aromatic N) is 1. The van der Waals surface area contributed by atoms with Crippen molar-refractivity contribution in [1.82, 2.24) is 4.90 Å². The Kier molecular flexibility index (Phi) is 4.81. The molecular formula is C13H15ClN2O4. The van der Waals surface area contributed by atoms with Crippen molar-refractivity contribution in [1.29, 1.82) is 0 Å². The highest BCUT2D eigenvalue weighted by Gasteiger charge is 2.25. The molecule has 108 valence electrons. The van der Waals surface area contributed by atoms with Gasteiger partial charge in [0.15, 0.2) is 0 Å². The zero-order valence-corrected chi connectivity index (χ0v) is 11.5. The third-order valence-corrected chi connectivity index (χ3v) is 3.14. The predicted octanol–water partition coefficient (Wildman–Crippen LogP) is 2.05. The summed E-state index contributed by atoms with van der Waals surface area (Å²) in [5, 5.41) is 12.0. The molecule has 1 aliphatic heterocycles. The molecule has 1 atom stereocenters. The maximum atomic E-state index is 12.1. The molecule has 1 aromatic carbocycles. The van der Waals surface area contributed by atoms with Gasteiger partial charge in [0.25, 0.3) is 0 Å². The lowest BCUT2D eigenvalue weighted by Gasteiger charge is -2.32. The number of carboxylic acid groups (broad SMARTS) is 1. The lowest BCUT2D eigenvalue weighted by atomic mass is 10.2. The highest BCUT2D eigenvalue weighted by Crippen LogP contribution is 2.16. The van der Waals surface area contributed by atoms with Crippen LogP contribution in [0, 0.1) is 0 Å². The van der Waals surface area contributed by atoms with Gasteiger partial charge in [0.1, 0.15) is 0 Å². The Morgan fingerprint density at radius 2 is 2.30 bits per heavy atom. The SMILES string of the molecule is O=C(O)CC1CN(C(=O)Nc2cccc(Cl)c2)CCO1. The van der Waals surface area contributed by atoms with Gasteiger partial charge in [-0.05, 0) is 18.2 Å². The summed E-state index contributed by atoms with van der Waals surface area (Å²) in [6, 6.07) is 6.55. The number of amides is 2. The number of urea groups is 1. The van der Waals surface area contributed by atoms with Crippen LogP contribution >= 0.6 is 11.6 Å². The molecule has 7 heteroatoms. The van der Waals surface area contributed by atoms with Gasteiger partial charge < -0.3 is 20.1 Å². The van der Waals surface area contributed by atoms with Gasteiger partial charge in [0, 0.05) is 23.8 Å². The van der Waals surface area contributed by atoms with E-state index in [-0.39, 0.29) is 19.0 Å². The third kappa shape index (κ3) is 4.11. The topological polar surface area (TPSA) is 78.9 Å². The number of halogens is 1. The molecular weight excluding hydrogens is 284 g/mol. The second kappa shape index (κ2) is 6.58. The van der Waals surface area contributed by atoms with E-state index in [1.807, 2.05) is 0 Å². The van der Waals surface area contributed by atoms with Crippen LogP contribution in [0.1, 0.15) is 6.42 Å². The summed E-state index contributed by atoms with van der Waals surface area (Å²) >= 11 is 5.84. The van der Waals surface area contributed by atoms with E-state index < -0.39 is 12.1 Å². The first-order valence-corrected chi connectivity index (χ1v) is 6.57. The Morgan fingerprint density at radius 1 is 1.50 bits per heavy atom. The first kappa shape index (κ1) is 14.6. The minimum absolute atomic E-state index is 0.110. The molecule has 0 aliphatic carbocycles. The Bertz CT molecular complexity index is 509. The first-order chi connectivity index (χ1) is 9.54. The average molecular weight is 299 g/mol. The van der Waals surface area contributed by atoms with Crippen molar-refractivity contribution in [2.24, 2.45) is 0 Å². The van der Waals surface area contributed by atoms with Gasteiger partial charge in [-0.25, -0.2) is 4.79 Å². The van der Waals surface area contributed by atoms with Gasteiger partial charge in [-0.1, -0.05) is 17.7 Å². The smallest absolute Gasteiger partial charge is 0.322 e. The summed E-state index contributed by atoms with van der Waals surface area (Å²) in [5.41, 5.74) is 0.601. The fourth-order valence-electron chi connectivity index (χ4n) is 1.99. The fourth-order valence-corrected chi connectivity index (χ4v) is 2.18. The lowest BCUT2D eigenvalue weighted by Crippen LogP contribution is -2.47.